The van der Waals surface area contributed by atoms with Crippen molar-refractivity contribution >= 4 is 31.9 Å². The van der Waals surface area contributed by atoms with Gasteiger partial charge in [0.25, 0.3) is 0 Å². The highest BCUT2D eigenvalue weighted by Crippen LogP contribution is 2.26. The zero-order valence-electron chi connectivity index (χ0n) is 6.00. The third-order valence-corrected chi connectivity index (χ3v) is 3.31. The van der Waals surface area contributed by atoms with Crippen LogP contribution >= 0.6 is 31.9 Å². The van der Waals surface area contributed by atoms with Gasteiger partial charge in [0.2, 0.25) is 0 Å². The van der Waals surface area contributed by atoms with Crippen LogP contribution in [-0.2, 0) is 6.42 Å². The van der Waals surface area contributed by atoms with Crippen LogP contribution in [0.15, 0.2) is 21.1 Å². The van der Waals surface area contributed by atoms with E-state index in [4.69, 9.17) is 0 Å². The van der Waals surface area contributed by atoms with Crippen molar-refractivity contribution in [2.45, 2.75) is 13.3 Å². The Morgan fingerprint density at radius 2 is 1.82 bits per heavy atom. The summed E-state index contributed by atoms with van der Waals surface area (Å²) < 4.78 is 14.6. The van der Waals surface area contributed by atoms with Gasteiger partial charge in [-0.1, -0.05) is 6.92 Å². The van der Waals surface area contributed by atoms with Gasteiger partial charge >= 0.3 is 0 Å². The highest BCUT2D eigenvalue weighted by molar-refractivity contribution is 9.13. The van der Waals surface area contributed by atoms with E-state index in [-0.39, 0.29) is 5.82 Å². The van der Waals surface area contributed by atoms with E-state index in [0.29, 0.717) is 0 Å². The van der Waals surface area contributed by atoms with Gasteiger partial charge in [0, 0.05) is 8.95 Å². The number of rotatable bonds is 1. The van der Waals surface area contributed by atoms with Gasteiger partial charge in [-0.3, -0.25) is 0 Å². The Morgan fingerprint density at radius 1 is 1.27 bits per heavy atom. The van der Waals surface area contributed by atoms with Crippen LogP contribution in [0.1, 0.15) is 12.5 Å². The minimum absolute atomic E-state index is 0.150. The SMILES string of the molecule is CCc1cc(Br)c(Br)cc1F. The van der Waals surface area contributed by atoms with Gasteiger partial charge in [-0.15, -0.1) is 0 Å². The van der Waals surface area contributed by atoms with Crippen LogP contribution in [-0.4, -0.2) is 0 Å². The van der Waals surface area contributed by atoms with E-state index in [1.54, 1.807) is 6.07 Å². The Kier molecular flexibility index (Phi) is 3.07. The highest BCUT2D eigenvalue weighted by atomic mass is 79.9. The minimum Gasteiger partial charge on any atom is -0.207 e. The van der Waals surface area contributed by atoms with Gasteiger partial charge in [-0.05, 0) is 56.0 Å². The van der Waals surface area contributed by atoms with Crippen molar-refractivity contribution in [2.24, 2.45) is 0 Å². The number of aryl methyl sites for hydroxylation is 1. The Bertz CT molecular complexity index is 271. The molecule has 0 nitrogen and oxygen atoms in total. The average Bonchev–Trinajstić information content (AvgIpc) is 1.97. The predicted octanol–water partition coefficient (Wildman–Crippen LogP) is 3.91. The molecule has 0 spiro atoms. The molecule has 0 aliphatic carbocycles. The lowest BCUT2D eigenvalue weighted by Gasteiger charge is -2.01. The summed E-state index contributed by atoms with van der Waals surface area (Å²) in [5.74, 6) is -0.150. The molecule has 0 heterocycles. The van der Waals surface area contributed by atoms with Gasteiger partial charge in [-0.2, -0.15) is 0 Å². The quantitative estimate of drug-likeness (QED) is 0.685. The topological polar surface area (TPSA) is 0 Å². The van der Waals surface area contributed by atoms with Crippen molar-refractivity contribution in [3.05, 3.63) is 32.5 Å². The summed E-state index contributed by atoms with van der Waals surface area (Å²) in [4.78, 5) is 0. The molecule has 1 aromatic rings. The summed E-state index contributed by atoms with van der Waals surface area (Å²) in [5, 5.41) is 0. The van der Waals surface area contributed by atoms with E-state index in [2.05, 4.69) is 31.9 Å². The van der Waals surface area contributed by atoms with Crippen LogP contribution < -0.4 is 0 Å². The van der Waals surface area contributed by atoms with E-state index < -0.39 is 0 Å². The number of hydrogen-bond donors (Lipinski definition) is 0. The molecule has 0 N–H and O–H groups in total. The van der Waals surface area contributed by atoms with E-state index in [1.807, 2.05) is 6.92 Å². The third-order valence-electron chi connectivity index (χ3n) is 1.47. The fourth-order valence-corrected chi connectivity index (χ4v) is 1.54. The van der Waals surface area contributed by atoms with Gasteiger partial charge < -0.3 is 0 Å². The summed E-state index contributed by atoms with van der Waals surface area (Å²) in [5.41, 5.74) is 0.736. The monoisotopic (exact) mass is 280 g/mol. The van der Waals surface area contributed by atoms with Crippen LogP contribution in [0.2, 0.25) is 0 Å². The maximum Gasteiger partial charge on any atom is 0.127 e. The van der Waals surface area contributed by atoms with Gasteiger partial charge in [0.15, 0.2) is 0 Å². The molecule has 60 valence electrons. The molecule has 0 unspecified atom stereocenters. The van der Waals surface area contributed by atoms with Crippen LogP contribution in [0.3, 0.4) is 0 Å². The van der Waals surface area contributed by atoms with Gasteiger partial charge in [0.1, 0.15) is 5.82 Å². The Balaban J connectivity index is 3.21. The number of benzene rings is 1. The van der Waals surface area contributed by atoms with Crippen LogP contribution in [0, 0.1) is 5.82 Å². The predicted molar refractivity (Wildman–Crippen MR) is 51.2 cm³/mol. The molecule has 0 bridgehead atoms. The molecule has 0 amide bonds. The Hall–Kier alpha value is 0.110. The summed E-state index contributed by atoms with van der Waals surface area (Å²) in [6.45, 7) is 1.93. The molecule has 0 saturated heterocycles. The smallest absolute Gasteiger partial charge is 0.127 e. The molecule has 0 radical (unpaired) electrons. The average molecular weight is 282 g/mol. The fourth-order valence-electron chi connectivity index (χ4n) is 0.835. The van der Waals surface area contributed by atoms with Crippen molar-refractivity contribution in [1.82, 2.24) is 0 Å². The number of hydrogen-bond acceptors (Lipinski definition) is 0. The van der Waals surface area contributed by atoms with Crippen molar-refractivity contribution in [3.8, 4) is 0 Å². The standard InChI is InChI=1S/C8H7Br2F/c1-2-5-3-6(9)7(10)4-8(5)11/h3-4H,2H2,1H3. The number of halogens is 3. The zero-order valence-corrected chi connectivity index (χ0v) is 9.17. The molecule has 0 aromatic heterocycles. The first kappa shape index (κ1) is 9.20. The molecule has 1 rings (SSSR count). The highest BCUT2D eigenvalue weighted by Gasteiger charge is 2.03. The molecule has 11 heavy (non-hydrogen) atoms. The van der Waals surface area contributed by atoms with Crippen molar-refractivity contribution < 1.29 is 4.39 Å². The third kappa shape index (κ3) is 2.03. The molecule has 0 aliphatic rings. The summed E-state index contributed by atoms with van der Waals surface area (Å²) >= 11 is 6.53. The lowest BCUT2D eigenvalue weighted by Crippen LogP contribution is -1.87. The maximum absolute atomic E-state index is 13.0. The lowest BCUT2D eigenvalue weighted by atomic mass is 10.2. The van der Waals surface area contributed by atoms with Crippen molar-refractivity contribution in [2.75, 3.05) is 0 Å². The van der Waals surface area contributed by atoms with Crippen molar-refractivity contribution in [1.29, 1.82) is 0 Å². The molecule has 1 aromatic carbocycles. The first-order chi connectivity index (χ1) is 5.15. The van der Waals surface area contributed by atoms with Gasteiger partial charge in [0.05, 0.1) is 0 Å². The summed E-state index contributed by atoms with van der Waals surface area (Å²) in [6.07, 6.45) is 0.720. The molecule has 3 heteroatoms. The minimum atomic E-state index is -0.150. The Labute approximate surface area is 82.1 Å². The zero-order chi connectivity index (χ0) is 8.43. The second kappa shape index (κ2) is 3.68. The van der Waals surface area contributed by atoms with E-state index in [9.17, 15) is 4.39 Å². The molecule has 0 aliphatic heterocycles. The Morgan fingerprint density at radius 3 is 2.36 bits per heavy atom. The van der Waals surface area contributed by atoms with Gasteiger partial charge in [-0.25, -0.2) is 4.39 Å². The summed E-state index contributed by atoms with van der Waals surface area (Å²) in [6, 6.07) is 3.27. The first-order valence-electron chi connectivity index (χ1n) is 3.28. The molecular weight excluding hydrogens is 275 g/mol. The maximum atomic E-state index is 13.0. The van der Waals surface area contributed by atoms with Crippen LogP contribution in [0.25, 0.3) is 0 Å². The van der Waals surface area contributed by atoms with E-state index in [0.717, 1.165) is 20.9 Å². The van der Waals surface area contributed by atoms with Crippen LogP contribution in [0.5, 0.6) is 0 Å². The van der Waals surface area contributed by atoms with Crippen LogP contribution in [0.4, 0.5) is 4.39 Å². The molecular formula is C8H7Br2F. The molecule has 0 fully saturated rings. The van der Waals surface area contributed by atoms with Crippen molar-refractivity contribution in [3.63, 3.8) is 0 Å². The molecule has 0 atom stereocenters. The normalized spacial score (nSPS) is 10.2. The largest absolute Gasteiger partial charge is 0.207 e. The fraction of sp³-hybridized carbons (Fsp3) is 0.250. The van der Waals surface area contributed by atoms with E-state index >= 15 is 0 Å². The lowest BCUT2D eigenvalue weighted by molar-refractivity contribution is 0.611. The van der Waals surface area contributed by atoms with E-state index in [1.165, 1.54) is 6.07 Å². The first-order valence-corrected chi connectivity index (χ1v) is 4.87. The second-order valence-corrected chi connectivity index (χ2v) is 3.92. The molecule has 0 saturated carbocycles. The summed E-state index contributed by atoms with van der Waals surface area (Å²) in [7, 11) is 0. The second-order valence-electron chi connectivity index (χ2n) is 2.21.